The van der Waals surface area contributed by atoms with E-state index in [0.717, 1.165) is 11.3 Å². The standard InChI is InChI=1S/C17H18N2O2/c1-19(15-7-5-4-6-14(15)11-18)12-13-8-9-16(20-2)17(10-13)21-3/h4-10H,12H2,1-3H3. The van der Waals surface area contributed by atoms with Crippen LogP contribution in [0, 0.1) is 11.3 Å². The third-order valence-corrected chi connectivity index (χ3v) is 3.30. The van der Waals surface area contributed by atoms with E-state index in [-0.39, 0.29) is 0 Å². The van der Waals surface area contributed by atoms with E-state index in [0.29, 0.717) is 23.6 Å². The van der Waals surface area contributed by atoms with E-state index in [1.165, 1.54) is 0 Å². The number of hydrogen-bond acceptors (Lipinski definition) is 4. The number of para-hydroxylation sites is 1. The predicted octanol–water partition coefficient (Wildman–Crippen LogP) is 3.21. The molecule has 0 N–H and O–H groups in total. The Morgan fingerprint density at radius 3 is 2.43 bits per heavy atom. The first-order chi connectivity index (χ1) is 10.2. The molecule has 4 nitrogen and oxygen atoms in total. The minimum atomic E-state index is 0.667. The third-order valence-electron chi connectivity index (χ3n) is 3.30. The Morgan fingerprint density at radius 2 is 1.76 bits per heavy atom. The van der Waals surface area contributed by atoms with Gasteiger partial charge in [0.1, 0.15) is 6.07 Å². The zero-order valence-corrected chi connectivity index (χ0v) is 12.5. The monoisotopic (exact) mass is 282 g/mol. The van der Waals surface area contributed by atoms with Crippen molar-refractivity contribution in [2.24, 2.45) is 0 Å². The molecule has 0 aliphatic rings. The average molecular weight is 282 g/mol. The maximum absolute atomic E-state index is 9.17. The minimum Gasteiger partial charge on any atom is -0.493 e. The number of rotatable bonds is 5. The SMILES string of the molecule is COc1ccc(CN(C)c2ccccc2C#N)cc1OC. The van der Waals surface area contributed by atoms with Gasteiger partial charge in [-0.3, -0.25) is 0 Å². The fourth-order valence-corrected chi connectivity index (χ4v) is 2.24. The van der Waals surface area contributed by atoms with Gasteiger partial charge >= 0.3 is 0 Å². The first-order valence-corrected chi connectivity index (χ1v) is 6.60. The molecule has 2 rings (SSSR count). The number of nitriles is 1. The molecule has 0 aliphatic heterocycles. The van der Waals surface area contributed by atoms with Crippen molar-refractivity contribution >= 4 is 5.69 Å². The lowest BCUT2D eigenvalue weighted by atomic mass is 10.1. The Hall–Kier alpha value is -2.67. The molecule has 0 bridgehead atoms. The summed E-state index contributed by atoms with van der Waals surface area (Å²) in [5, 5.41) is 9.17. The molecular formula is C17H18N2O2. The molecule has 2 aromatic rings. The molecule has 0 aliphatic carbocycles. The molecule has 21 heavy (non-hydrogen) atoms. The highest BCUT2D eigenvalue weighted by Crippen LogP contribution is 2.29. The molecule has 2 aromatic carbocycles. The van der Waals surface area contributed by atoms with Crippen LogP contribution in [-0.2, 0) is 6.54 Å². The molecule has 0 unspecified atom stereocenters. The van der Waals surface area contributed by atoms with Crippen molar-refractivity contribution in [2.45, 2.75) is 6.54 Å². The number of nitrogens with zero attached hydrogens (tertiary/aromatic N) is 2. The van der Waals surface area contributed by atoms with Crippen molar-refractivity contribution in [3.63, 3.8) is 0 Å². The van der Waals surface area contributed by atoms with Crippen LogP contribution in [0.2, 0.25) is 0 Å². The van der Waals surface area contributed by atoms with Crippen LogP contribution in [0.15, 0.2) is 42.5 Å². The topological polar surface area (TPSA) is 45.5 Å². The fraction of sp³-hybridized carbons (Fsp3) is 0.235. The number of anilines is 1. The molecular weight excluding hydrogens is 264 g/mol. The Kier molecular flexibility index (Phi) is 4.68. The van der Waals surface area contributed by atoms with Crippen molar-refractivity contribution in [3.8, 4) is 17.6 Å². The second-order valence-corrected chi connectivity index (χ2v) is 4.67. The van der Waals surface area contributed by atoms with E-state index in [1.54, 1.807) is 14.2 Å². The Bertz CT molecular complexity index is 662. The first kappa shape index (κ1) is 14.7. The number of benzene rings is 2. The van der Waals surface area contributed by atoms with Gasteiger partial charge in [-0.25, -0.2) is 0 Å². The van der Waals surface area contributed by atoms with E-state index in [9.17, 15) is 5.26 Å². The summed E-state index contributed by atoms with van der Waals surface area (Å²) in [6, 6.07) is 15.6. The number of hydrogen-bond donors (Lipinski definition) is 0. The van der Waals surface area contributed by atoms with Crippen LogP contribution < -0.4 is 14.4 Å². The second-order valence-electron chi connectivity index (χ2n) is 4.67. The highest BCUT2D eigenvalue weighted by atomic mass is 16.5. The van der Waals surface area contributed by atoms with Crippen molar-refractivity contribution < 1.29 is 9.47 Å². The summed E-state index contributed by atoms with van der Waals surface area (Å²) < 4.78 is 10.5. The normalized spacial score (nSPS) is 9.81. The smallest absolute Gasteiger partial charge is 0.161 e. The van der Waals surface area contributed by atoms with Gasteiger partial charge in [-0.05, 0) is 29.8 Å². The molecule has 0 fully saturated rings. The molecule has 0 spiro atoms. The van der Waals surface area contributed by atoms with Crippen LogP contribution in [0.1, 0.15) is 11.1 Å². The largest absolute Gasteiger partial charge is 0.493 e. The van der Waals surface area contributed by atoms with Gasteiger partial charge in [0, 0.05) is 13.6 Å². The van der Waals surface area contributed by atoms with Gasteiger partial charge in [0.05, 0.1) is 25.5 Å². The van der Waals surface area contributed by atoms with Gasteiger partial charge in [-0.1, -0.05) is 18.2 Å². The average Bonchev–Trinajstić information content (AvgIpc) is 2.54. The lowest BCUT2D eigenvalue weighted by molar-refractivity contribution is 0.354. The highest BCUT2D eigenvalue weighted by molar-refractivity contribution is 5.59. The minimum absolute atomic E-state index is 0.667. The molecule has 0 saturated carbocycles. The predicted molar refractivity (Wildman–Crippen MR) is 82.8 cm³/mol. The molecule has 0 radical (unpaired) electrons. The fourth-order valence-electron chi connectivity index (χ4n) is 2.24. The van der Waals surface area contributed by atoms with Gasteiger partial charge in [-0.15, -0.1) is 0 Å². The van der Waals surface area contributed by atoms with Gasteiger partial charge in [0.15, 0.2) is 11.5 Å². The van der Waals surface area contributed by atoms with Gasteiger partial charge in [0.25, 0.3) is 0 Å². The molecule has 0 atom stereocenters. The molecule has 4 heteroatoms. The van der Waals surface area contributed by atoms with Gasteiger partial charge in [0.2, 0.25) is 0 Å². The lowest BCUT2D eigenvalue weighted by Gasteiger charge is -2.21. The van der Waals surface area contributed by atoms with Crippen LogP contribution in [0.4, 0.5) is 5.69 Å². The van der Waals surface area contributed by atoms with Gasteiger partial charge in [-0.2, -0.15) is 5.26 Å². The molecule has 0 aromatic heterocycles. The second kappa shape index (κ2) is 6.67. The Balaban J connectivity index is 2.24. The van der Waals surface area contributed by atoms with Crippen LogP contribution in [0.5, 0.6) is 11.5 Å². The van der Waals surface area contributed by atoms with Crippen molar-refractivity contribution in [3.05, 3.63) is 53.6 Å². The molecule has 0 amide bonds. The summed E-state index contributed by atoms with van der Waals surface area (Å²) in [5.74, 6) is 1.42. The van der Waals surface area contributed by atoms with Crippen LogP contribution in [-0.4, -0.2) is 21.3 Å². The zero-order valence-electron chi connectivity index (χ0n) is 12.5. The third kappa shape index (κ3) is 3.26. The summed E-state index contributed by atoms with van der Waals surface area (Å²) in [4.78, 5) is 2.04. The molecule has 0 heterocycles. The summed E-state index contributed by atoms with van der Waals surface area (Å²) in [6.07, 6.45) is 0. The first-order valence-electron chi connectivity index (χ1n) is 6.60. The number of methoxy groups -OCH3 is 2. The Morgan fingerprint density at radius 1 is 1.05 bits per heavy atom. The maximum Gasteiger partial charge on any atom is 0.161 e. The quantitative estimate of drug-likeness (QED) is 0.844. The van der Waals surface area contributed by atoms with E-state index in [2.05, 4.69) is 6.07 Å². The molecule has 108 valence electrons. The highest BCUT2D eigenvalue weighted by Gasteiger charge is 2.09. The van der Waals surface area contributed by atoms with E-state index >= 15 is 0 Å². The summed E-state index contributed by atoms with van der Waals surface area (Å²) in [5.41, 5.74) is 2.66. The van der Waals surface area contributed by atoms with Crippen LogP contribution in [0.3, 0.4) is 0 Å². The van der Waals surface area contributed by atoms with Crippen molar-refractivity contribution in [1.29, 1.82) is 5.26 Å². The van der Waals surface area contributed by atoms with Crippen LogP contribution >= 0.6 is 0 Å². The van der Waals surface area contributed by atoms with Crippen molar-refractivity contribution in [1.82, 2.24) is 0 Å². The van der Waals surface area contributed by atoms with Crippen molar-refractivity contribution in [2.75, 3.05) is 26.2 Å². The maximum atomic E-state index is 9.17. The summed E-state index contributed by atoms with van der Waals surface area (Å²) in [7, 11) is 5.20. The zero-order chi connectivity index (χ0) is 15.2. The van der Waals surface area contributed by atoms with E-state index < -0.39 is 0 Å². The van der Waals surface area contributed by atoms with E-state index in [1.807, 2.05) is 54.4 Å². The van der Waals surface area contributed by atoms with Crippen LogP contribution in [0.25, 0.3) is 0 Å². The van der Waals surface area contributed by atoms with Gasteiger partial charge < -0.3 is 14.4 Å². The number of ether oxygens (including phenoxy) is 2. The van der Waals surface area contributed by atoms with E-state index in [4.69, 9.17) is 9.47 Å². The summed E-state index contributed by atoms with van der Waals surface area (Å²) >= 11 is 0. The molecule has 0 saturated heterocycles. The summed E-state index contributed by atoms with van der Waals surface area (Å²) in [6.45, 7) is 0.680. The Labute approximate surface area is 125 Å². The lowest BCUT2D eigenvalue weighted by Crippen LogP contribution is -2.17.